The molecule has 0 fully saturated rings. The number of rotatable bonds is 1. The van der Waals surface area contributed by atoms with Crippen LogP contribution in [0, 0.1) is 0 Å². The number of ketones is 1. The normalized spacial score (nSPS) is 15.6. The van der Waals surface area contributed by atoms with Crippen molar-refractivity contribution in [3.8, 4) is 0 Å². The molecule has 1 aromatic rings. The fourth-order valence-corrected chi connectivity index (χ4v) is 1.91. The molecule has 68 valence electrons. The van der Waals surface area contributed by atoms with Gasteiger partial charge in [-0.25, -0.2) is 0 Å². The van der Waals surface area contributed by atoms with E-state index in [0.717, 1.165) is 12.0 Å². The molecule has 0 bridgehead atoms. The number of benzene rings is 1. The summed E-state index contributed by atoms with van der Waals surface area (Å²) in [6.07, 6.45) is 2.19. The van der Waals surface area contributed by atoms with Crippen molar-refractivity contribution in [2.45, 2.75) is 25.1 Å². The third-order valence-corrected chi connectivity index (χ3v) is 2.79. The summed E-state index contributed by atoms with van der Waals surface area (Å²) >= 11 is 5.73. The minimum atomic E-state index is 0.353. The second-order valence-corrected chi connectivity index (χ2v) is 3.72. The molecule has 1 aliphatic rings. The van der Waals surface area contributed by atoms with Crippen molar-refractivity contribution in [1.82, 2.24) is 0 Å². The Bertz CT molecular complexity index is 344. The first-order chi connectivity index (χ1) is 6.29. The van der Waals surface area contributed by atoms with Gasteiger partial charge in [0.25, 0.3) is 0 Å². The van der Waals surface area contributed by atoms with Gasteiger partial charge in [-0.2, -0.15) is 0 Å². The Kier molecular flexibility index (Phi) is 2.36. The summed E-state index contributed by atoms with van der Waals surface area (Å²) in [5, 5.41) is 0. The molecule has 0 aliphatic heterocycles. The Hall–Kier alpha value is -0.820. The maximum Gasteiger partial charge on any atom is 0.137 e. The molecular formula is C11H11ClO. The first-order valence-corrected chi connectivity index (χ1v) is 5.01. The van der Waals surface area contributed by atoms with Crippen molar-refractivity contribution < 1.29 is 4.79 Å². The predicted molar refractivity (Wildman–Crippen MR) is 53.0 cm³/mol. The summed E-state index contributed by atoms with van der Waals surface area (Å²) in [4.78, 5) is 11.2. The summed E-state index contributed by atoms with van der Waals surface area (Å²) in [5.74, 6) is 0.910. The molecule has 2 rings (SSSR count). The number of hydrogen-bond acceptors (Lipinski definition) is 1. The molecule has 13 heavy (non-hydrogen) atoms. The van der Waals surface area contributed by atoms with Crippen LogP contribution in [-0.2, 0) is 23.5 Å². The highest BCUT2D eigenvalue weighted by Crippen LogP contribution is 2.21. The molecule has 0 atom stereocenters. The van der Waals surface area contributed by atoms with E-state index in [1.54, 1.807) is 0 Å². The van der Waals surface area contributed by atoms with Crippen LogP contribution in [0.2, 0.25) is 0 Å². The second kappa shape index (κ2) is 3.51. The lowest BCUT2D eigenvalue weighted by atomic mass is 9.90. The average molecular weight is 195 g/mol. The molecule has 1 nitrogen and oxygen atoms in total. The van der Waals surface area contributed by atoms with Crippen LogP contribution in [0.1, 0.15) is 23.1 Å². The minimum Gasteiger partial charge on any atom is -0.299 e. The fraction of sp³-hybridized carbons (Fsp3) is 0.364. The number of fused-ring (bicyclic) bond motifs is 1. The molecule has 0 amide bonds. The standard InChI is InChI=1S/C11H11ClO/c12-7-8-1-2-10-6-11(13)4-3-9(10)5-8/h1-2,5H,3-4,6-7H2. The van der Waals surface area contributed by atoms with Gasteiger partial charge in [-0.15, -0.1) is 11.6 Å². The highest BCUT2D eigenvalue weighted by atomic mass is 35.5. The molecule has 0 heterocycles. The van der Waals surface area contributed by atoms with Gasteiger partial charge >= 0.3 is 0 Å². The Morgan fingerprint density at radius 1 is 1.23 bits per heavy atom. The van der Waals surface area contributed by atoms with E-state index in [2.05, 4.69) is 6.07 Å². The number of halogens is 1. The van der Waals surface area contributed by atoms with Crippen molar-refractivity contribution in [2.75, 3.05) is 0 Å². The van der Waals surface area contributed by atoms with Crippen molar-refractivity contribution in [3.63, 3.8) is 0 Å². The lowest BCUT2D eigenvalue weighted by molar-refractivity contribution is -0.118. The van der Waals surface area contributed by atoms with Gasteiger partial charge in [-0.1, -0.05) is 18.2 Å². The number of Topliss-reactive ketones (excluding diaryl/α,β-unsaturated/α-hetero) is 1. The highest BCUT2D eigenvalue weighted by Gasteiger charge is 2.14. The van der Waals surface area contributed by atoms with Crippen LogP contribution in [0.15, 0.2) is 18.2 Å². The summed E-state index contributed by atoms with van der Waals surface area (Å²) in [6.45, 7) is 0. The summed E-state index contributed by atoms with van der Waals surface area (Å²) < 4.78 is 0. The number of hydrogen-bond donors (Lipinski definition) is 0. The Morgan fingerprint density at radius 2 is 2.08 bits per heavy atom. The van der Waals surface area contributed by atoms with Crippen LogP contribution < -0.4 is 0 Å². The van der Waals surface area contributed by atoms with Crippen molar-refractivity contribution in [3.05, 3.63) is 34.9 Å². The SMILES string of the molecule is O=C1CCc2cc(CCl)ccc2C1. The van der Waals surface area contributed by atoms with Gasteiger partial charge in [0.15, 0.2) is 0 Å². The zero-order valence-electron chi connectivity index (χ0n) is 7.35. The number of aryl methyl sites for hydroxylation is 1. The van der Waals surface area contributed by atoms with Crippen molar-refractivity contribution in [1.29, 1.82) is 0 Å². The molecule has 0 N–H and O–H groups in total. The van der Waals surface area contributed by atoms with E-state index in [1.165, 1.54) is 11.1 Å². The van der Waals surface area contributed by atoms with Gasteiger partial charge in [0.2, 0.25) is 0 Å². The molecule has 0 spiro atoms. The fourth-order valence-electron chi connectivity index (χ4n) is 1.74. The van der Waals surface area contributed by atoms with Crippen molar-refractivity contribution in [2.24, 2.45) is 0 Å². The lowest BCUT2D eigenvalue weighted by Crippen LogP contribution is -2.13. The third kappa shape index (κ3) is 1.75. The average Bonchev–Trinajstić information content (AvgIpc) is 2.17. The second-order valence-electron chi connectivity index (χ2n) is 3.45. The zero-order chi connectivity index (χ0) is 9.26. The van der Waals surface area contributed by atoms with Gasteiger partial charge in [0.05, 0.1) is 0 Å². The summed E-state index contributed by atoms with van der Waals surface area (Å²) in [6, 6.07) is 6.16. The predicted octanol–water partition coefficient (Wildman–Crippen LogP) is 2.48. The van der Waals surface area contributed by atoms with Gasteiger partial charge in [0.1, 0.15) is 5.78 Å². The summed E-state index contributed by atoms with van der Waals surface area (Å²) in [7, 11) is 0. The molecule has 0 aromatic heterocycles. The van der Waals surface area contributed by atoms with Gasteiger partial charge in [-0.05, 0) is 23.1 Å². The van der Waals surface area contributed by atoms with Crippen LogP contribution in [-0.4, -0.2) is 5.78 Å². The molecule has 1 aliphatic carbocycles. The molecule has 0 saturated carbocycles. The third-order valence-electron chi connectivity index (χ3n) is 2.49. The monoisotopic (exact) mass is 194 g/mol. The van der Waals surface area contributed by atoms with Crippen molar-refractivity contribution >= 4 is 17.4 Å². The first kappa shape index (κ1) is 8.76. The lowest BCUT2D eigenvalue weighted by Gasteiger charge is -2.15. The Balaban J connectivity index is 2.36. The smallest absolute Gasteiger partial charge is 0.137 e. The van der Waals surface area contributed by atoms with Gasteiger partial charge < -0.3 is 0 Å². The quantitative estimate of drug-likeness (QED) is 0.628. The van der Waals surface area contributed by atoms with E-state index >= 15 is 0 Å². The molecule has 2 heteroatoms. The van der Waals surface area contributed by atoms with Crippen LogP contribution in [0.25, 0.3) is 0 Å². The molecular weight excluding hydrogens is 184 g/mol. The van der Waals surface area contributed by atoms with Crippen LogP contribution in [0.3, 0.4) is 0 Å². The largest absolute Gasteiger partial charge is 0.299 e. The van der Waals surface area contributed by atoms with E-state index in [9.17, 15) is 4.79 Å². The first-order valence-electron chi connectivity index (χ1n) is 4.48. The zero-order valence-corrected chi connectivity index (χ0v) is 8.10. The maximum atomic E-state index is 11.2. The number of carbonyl (C=O) groups is 1. The van der Waals surface area contributed by atoms with E-state index in [0.29, 0.717) is 24.5 Å². The van der Waals surface area contributed by atoms with E-state index in [4.69, 9.17) is 11.6 Å². The summed E-state index contributed by atoms with van der Waals surface area (Å²) in [5.41, 5.74) is 3.64. The van der Waals surface area contributed by atoms with Crippen LogP contribution in [0.5, 0.6) is 0 Å². The Labute approximate surface area is 82.7 Å². The van der Waals surface area contributed by atoms with Crippen LogP contribution >= 0.6 is 11.6 Å². The minimum absolute atomic E-state index is 0.353. The van der Waals surface area contributed by atoms with E-state index in [1.807, 2.05) is 12.1 Å². The van der Waals surface area contributed by atoms with E-state index in [-0.39, 0.29) is 0 Å². The van der Waals surface area contributed by atoms with Gasteiger partial charge in [-0.3, -0.25) is 4.79 Å². The molecule has 1 aromatic carbocycles. The molecule has 0 unspecified atom stereocenters. The molecule has 0 saturated heterocycles. The number of carbonyl (C=O) groups excluding carboxylic acids is 1. The topological polar surface area (TPSA) is 17.1 Å². The molecule has 0 radical (unpaired) electrons. The van der Waals surface area contributed by atoms with Gasteiger partial charge in [0, 0.05) is 18.7 Å². The maximum absolute atomic E-state index is 11.2. The number of alkyl halides is 1. The van der Waals surface area contributed by atoms with Crippen LogP contribution in [0.4, 0.5) is 0 Å². The Morgan fingerprint density at radius 3 is 2.85 bits per heavy atom. The van der Waals surface area contributed by atoms with E-state index < -0.39 is 0 Å². The highest BCUT2D eigenvalue weighted by molar-refractivity contribution is 6.17.